The molecule has 0 aromatic heterocycles. The maximum Gasteiger partial charge on any atom is 0.219 e. The Kier molecular flexibility index (Phi) is 7.91. The van der Waals surface area contributed by atoms with Crippen LogP contribution < -0.4 is 5.32 Å². The maximum absolute atomic E-state index is 13.3. The average Bonchev–Trinajstić information content (AvgIpc) is 2.79. The summed E-state index contributed by atoms with van der Waals surface area (Å²) < 4.78 is 26.6. The Morgan fingerprint density at radius 2 is 1.58 bits per heavy atom. The standard InChI is InChI=1S/C26H25ClN2O2S2/c1-26(2,3)20-15-13-19(14-16-20)18-32-25(29-23-12-8-7-11-22(23)27)24(17-28)33(30,31)21-9-5-4-6-10-21/h4-16,29H,18H2,1-3H3. The molecular weight excluding hydrogens is 472 g/mol. The summed E-state index contributed by atoms with van der Waals surface area (Å²) in [5, 5.41) is 13.6. The van der Waals surface area contributed by atoms with Crippen LogP contribution in [0.1, 0.15) is 31.9 Å². The summed E-state index contributed by atoms with van der Waals surface area (Å²) in [6.07, 6.45) is 0. The SMILES string of the molecule is CC(C)(C)c1ccc(CSC(Nc2ccccc2Cl)=C(C#N)S(=O)(=O)c2ccccc2)cc1. The van der Waals surface area contributed by atoms with Gasteiger partial charge in [-0.1, -0.05) is 87.0 Å². The lowest BCUT2D eigenvalue weighted by Crippen LogP contribution is -2.11. The van der Waals surface area contributed by atoms with Crippen LogP contribution in [0.25, 0.3) is 0 Å². The molecule has 0 aliphatic carbocycles. The molecule has 0 aliphatic heterocycles. The Morgan fingerprint density at radius 3 is 2.15 bits per heavy atom. The van der Waals surface area contributed by atoms with E-state index < -0.39 is 9.84 Å². The van der Waals surface area contributed by atoms with Crippen molar-refractivity contribution in [2.75, 3.05) is 5.32 Å². The van der Waals surface area contributed by atoms with Gasteiger partial charge in [-0.05, 0) is 40.8 Å². The van der Waals surface area contributed by atoms with Crippen molar-refractivity contribution in [1.82, 2.24) is 0 Å². The molecule has 3 aromatic carbocycles. The molecule has 0 saturated heterocycles. The Morgan fingerprint density at radius 1 is 0.970 bits per heavy atom. The molecule has 1 N–H and O–H groups in total. The first kappa shape index (κ1) is 24.9. The number of para-hydroxylation sites is 1. The van der Waals surface area contributed by atoms with Crippen molar-refractivity contribution >= 4 is 38.9 Å². The van der Waals surface area contributed by atoms with Gasteiger partial charge in [0.1, 0.15) is 11.1 Å². The average molecular weight is 497 g/mol. The minimum Gasteiger partial charge on any atom is -0.347 e. The highest BCUT2D eigenvalue weighted by Gasteiger charge is 2.26. The van der Waals surface area contributed by atoms with Crippen LogP contribution in [0.2, 0.25) is 5.02 Å². The number of halogens is 1. The van der Waals surface area contributed by atoms with Gasteiger partial charge in [-0.15, -0.1) is 11.8 Å². The van der Waals surface area contributed by atoms with Gasteiger partial charge < -0.3 is 5.32 Å². The molecule has 0 saturated carbocycles. The molecule has 3 aromatic rings. The molecular formula is C26H25ClN2O2S2. The van der Waals surface area contributed by atoms with Crippen LogP contribution in [-0.2, 0) is 21.0 Å². The Bertz CT molecular complexity index is 1290. The first-order valence-corrected chi connectivity index (χ1v) is 13.2. The molecule has 0 heterocycles. The zero-order valence-electron chi connectivity index (χ0n) is 18.7. The van der Waals surface area contributed by atoms with Gasteiger partial charge in [-0.2, -0.15) is 5.26 Å². The first-order chi connectivity index (χ1) is 15.6. The van der Waals surface area contributed by atoms with E-state index in [2.05, 4.69) is 38.2 Å². The molecule has 33 heavy (non-hydrogen) atoms. The predicted molar refractivity (Wildman–Crippen MR) is 138 cm³/mol. The molecule has 170 valence electrons. The molecule has 0 fully saturated rings. The van der Waals surface area contributed by atoms with Crippen LogP contribution >= 0.6 is 23.4 Å². The van der Waals surface area contributed by atoms with Gasteiger partial charge in [0.15, 0.2) is 4.91 Å². The molecule has 0 atom stereocenters. The van der Waals surface area contributed by atoms with E-state index in [0.29, 0.717) is 16.5 Å². The molecule has 0 aliphatic rings. The fraction of sp³-hybridized carbons (Fsp3) is 0.192. The number of benzene rings is 3. The van der Waals surface area contributed by atoms with Crippen molar-refractivity contribution < 1.29 is 8.42 Å². The lowest BCUT2D eigenvalue weighted by Gasteiger charge is -2.19. The van der Waals surface area contributed by atoms with E-state index in [0.717, 1.165) is 5.56 Å². The van der Waals surface area contributed by atoms with Crippen LogP contribution in [0, 0.1) is 11.3 Å². The van der Waals surface area contributed by atoms with Gasteiger partial charge >= 0.3 is 0 Å². The topological polar surface area (TPSA) is 70.0 Å². The van der Waals surface area contributed by atoms with E-state index in [4.69, 9.17) is 11.6 Å². The van der Waals surface area contributed by atoms with Crippen molar-refractivity contribution in [3.8, 4) is 6.07 Å². The van der Waals surface area contributed by atoms with Crippen molar-refractivity contribution in [2.24, 2.45) is 0 Å². The molecule has 0 spiro atoms. The van der Waals surface area contributed by atoms with Crippen LogP contribution in [0.5, 0.6) is 0 Å². The fourth-order valence-electron chi connectivity index (χ4n) is 3.05. The molecule has 3 rings (SSSR count). The number of nitrogens with zero attached hydrogens (tertiary/aromatic N) is 1. The lowest BCUT2D eigenvalue weighted by atomic mass is 9.87. The monoisotopic (exact) mass is 496 g/mol. The summed E-state index contributed by atoms with van der Waals surface area (Å²) >= 11 is 7.55. The van der Waals surface area contributed by atoms with Gasteiger partial charge in [0.05, 0.1) is 15.6 Å². The normalized spacial score (nSPS) is 12.6. The first-order valence-electron chi connectivity index (χ1n) is 10.3. The number of rotatable bonds is 7. The van der Waals surface area contributed by atoms with E-state index in [1.165, 1.54) is 29.5 Å². The van der Waals surface area contributed by atoms with Crippen molar-refractivity contribution in [3.63, 3.8) is 0 Å². The number of sulfone groups is 1. The van der Waals surface area contributed by atoms with Crippen LogP contribution in [-0.4, -0.2) is 8.42 Å². The van der Waals surface area contributed by atoms with E-state index in [9.17, 15) is 13.7 Å². The van der Waals surface area contributed by atoms with Gasteiger partial charge in [0, 0.05) is 5.75 Å². The third-order valence-electron chi connectivity index (χ3n) is 4.96. The van der Waals surface area contributed by atoms with Gasteiger partial charge in [0.2, 0.25) is 9.84 Å². The van der Waals surface area contributed by atoms with E-state index in [-0.39, 0.29) is 20.2 Å². The Balaban J connectivity index is 2.00. The highest BCUT2D eigenvalue weighted by Crippen LogP contribution is 2.33. The summed E-state index contributed by atoms with van der Waals surface area (Å²) in [5.41, 5.74) is 2.80. The molecule has 0 amide bonds. The molecule has 0 bridgehead atoms. The molecule has 0 radical (unpaired) electrons. The largest absolute Gasteiger partial charge is 0.347 e. The minimum absolute atomic E-state index is 0.0418. The number of hydrogen-bond acceptors (Lipinski definition) is 5. The second kappa shape index (κ2) is 10.5. The van der Waals surface area contributed by atoms with Gasteiger partial charge in [-0.3, -0.25) is 0 Å². The second-order valence-electron chi connectivity index (χ2n) is 8.43. The quantitative estimate of drug-likeness (QED) is 0.352. The molecule has 0 unspecified atom stereocenters. The molecule has 7 heteroatoms. The third-order valence-corrected chi connectivity index (χ3v) is 8.21. The summed E-state index contributed by atoms with van der Waals surface area (Å²) in [6.45, 7) is 6.45. The summed E-state index contributed by atoms with van der Waals surface area (Å²) in [5.74, 6) is 0.479. The lowest BCUT2D eigenvalue weighted by molar-refractivity contribution is 0.590. The second-order valence-corrected chi connectivity index (χ2v) is 11.7. The third kappa shape index (κ3) is 6.20. The maximum atomic E-state index is 13.3. The zero-order valence-corrected chi connectivity index (χ0v) is 21.1. The van der Waals surface area contributed by atoms with Crippen LogP contribution in [0.3, 0.4) is 0 Å². The number of nitrogens with one attached hydrogen (secondary N) is 1. The van der Waals surface area contributed by atoms with E-state index in [1.807, 2.05) is 18.2 Å². The van der Waals surface area contributed by atoms with Crippen molar-refractivity contribution in [3.05, 3.63) is 105 Å². The highest BCUT2D eigenvalue weighted by atomic mass is 35.5. The Labute approximate surface area is 205 Å². The smallest absolute Gasteiger partial charge is 0.219 e. The highest BCUT2D eigenvalue weighted by molar-refractivity contribution is 8.04. The zero-order chi connectivity index (χ0) is 24.1. The van der Waals surface area contributed by atoms with Gasteiger partial charge in [0.25, 0.3) is 0 Å². The number of thioether (sulfide) groups is 1. The van der Waals surface area contributed by atoms with Crippen molar-refractivity contribution in [1.29, 1.82) is 5.26 Å². The van der Waals surface area contributed by atoms with Crippen LogP contribution in [0.4, 0.5) is 5.69 Å². The number of anilines is 1. The summed E-state index contributed by atoms with van der Waals surface area (Å²) in [7, 11) is -4.02. The Hall–Kier alpha value is -2.72. The molecule has 4 nitrogen and oxygen atoms in total. The summed E-state index contributed by atoms with van der Waals surface area (Å²) in [6, 6.07) is 25.1. The van der Waals surface area contributed by atoms with Gasteiger partial charge in [-0.25, -0.2) is 8.42 Å². The summed E-state index contributed by atoms with van der Waals surface area (Å²) in [4.78, 5) is -0.278. The predicted octanol–water partition coefficient (Wildman–Crippen LogP) is 7.15. The van der Waals surface area contributed by atoms with Crippen molar-refractivity contribution in [2.45, 2.75) is 36.8 Å². The van der Waals surface area contributed by atoms with E-state index in [1.54, 1.807) is 42.5 Å². The van der Waals surface area contributed by atoms with Crippen LogP contribution in [0.15, 0.2) is 93.7 Å². The number of hydrogen-bond donors (Lipinski definition) is 1. The number of nitriles is 1. The van der Waals surface area contributed by atoms with E-state index >= 15 is 0 Å². The minimum atomic E-state index is -4.02. The number of allylic oxidation sites excluding steroid dienone is 1. The fourth-order valence-corrected chi connectivity index (χ4v) is 5.77.